The lowest BCUT2D eigenvalue weighted by Gasteiger charge is -2.17. The van der Waals surface area contributed by atoms with Gasteiger partial charge >= 0.3 is 0 Å². The molecule has 0 spiro atoms. The van der Waals surface area contributed by atoms with E-state index in [0.29, 0.717) is 19.5 Å². The van der Waals surface area contributed by atoms with Crippen LogP contribution in [-0.2, 0) is 11.3 Å². The molecule has 8 nitrogen and oxygen atoms in total. The minimum Gasteiger partial charge on any atom is -0.353 e. The van der Waals surface area contributed by atoms with Crippen LogP contribution in [0.15, 0.2) is 23.0 Å². The Kier molecular flexibility index (Phi) is 4.64. The Hall–Kier alpha value is -2.64. The highest BCUT2D eigenvalue weighted by Gasteiger charge is 2.24. The molecule has 0 aliphatic carbocycles. The number of carbonyl (C=O) groups is 1. The Bertz CT molecular complexity index is 761. The maximum atomic E-state index is 12.1. The summed E-state index contributed by atoms with van der Waals surface area (Å²) < 4.78 is 1.86. The molecule has 1 aliphatic heterocycles. The summed E-state index contributed by atoms with van der Waals surface area (Å²) in [6.07, 6.45) is 1.28. The fourth-order valence-electron chi connectivity index (χ4n) is 3.01. The van der Waals surface area contributed by atoms with Crippen LogP contribution in [0.5, 0.6) is 0 Å². The maximum absolute atomic E-state index is 12.1. The zero-order chi connectivity index (χ0) is 17.1. The highest BCUT2D eigenvalue weighted by Crippen LogP contribution is 2.16. The van der Waals surface area contributed by atoms with Crippen molar-refractivity contribution in [3.05, 3.63) is 39.9 Å². The Labute approximate surface area is 139 Å². The summed E-state index contributed by atoms with van der Waals surface area (Å²) in [6.45, 7) is 6.03. The van der Waals surface area contributed by atoms with Gasteiger partial charge in [-0.25, -0.2) is 5.10 Å². The zero-order valence-electron chi connectivity index (χ0n) is 14.0. The zero-order valence-corrected chi connectivity index (χ0v) is 14.0. The molecule has 24 heavy (non-hydrogen) atoms. The van der Waals surface area contributed by atoms with Crippen LogP contribution in [0.25, 0.3) is 0 Å². The molecule has 1 saturated heterocycles. The lowest BCUT2D eigenvalue weighted by atomic mass is 10.2. The van der Waals surface area contributed by atoms with Gasteiger partial charge < -0.3 is 10.2 Å². The van der Waals surface area contributed by atoms with Crippen molar-refractivity contribution in [1.29, 1.82) is 0 Å². The van der Waals surface area contributed by atoms with Crippen LogP contribution in [0.2, 0.25) is 0 Å². The van der Waals surface area contributed by atoms with Crippen LogP contribution in [0.1, 0.15) is 24.2 Å². The van der Waals surface area contributed by atoms with Gasteiger partial charge in [-0.1, -0.05) is 0 Å². The lowest BCUT2D eigenvalue weighted by Crippen LogP contribution is -2.37. The second kappa shape index (κ2) is 6.86. The Morgan fingerprint density at radius 1 is 1.42 bits per heavy atom. The van der Waals surface area contributed by atoms with Gasteiger partial charge in [-0.3, -0.25) is 14.3 Å². The summed E-state index contributed by atoms with van der Waals surface area (Å²) in [6, 6.07) is 5.27. The van der Waals surface area contributed by atoms with Crippen molar-refractivity contribution >= 4 is 11.7 Å². The van der Waals surface area contributed by atoms with Gasteiger partial charge in [0.05, 0.1) is 5.69 Å². The second-order valence-corrected chi connectivity index (χ2v) is 6.18. The smallest absolute Gasteiger partial charge is 0.264 e. The van der Waals surface area contributed by atoms with Crippen molar-refractivity contribution in [2.45, 2.75) is 39.3 Å². The number of aromatic amines is 1. The molecule has 128 valence electrons. The first-order chi connectivity index (χ1) is 11.5. The topological polar surface area (TPSA) is 95.9 Å². The standard InChI is InChI=1S/C16H22N6O2/c1-11-9-12(2)22(20-11)8-6-15(23)17-13-5-7-21(10-13)14-3-4-16(24)19-18-14/h3-4,9,13H,5-8,10H2,1-2H3,(H,17,23)(H,19,24). The normalized spacial score (nSPS) is 17.2. The number of anilines is 1. The Balaban J connectivity index is 1.48. The van der Waals surface area contributed by atoms with E-state index >= 15 is 0 Å². The minimum absolute atomic E-state index is 0.0313. The maximum Gasteiger partial charge on any atom is 0.264 e. The van der Waals surface area contributed by atoms with Gasteiger partial charge in [0.2, 0.25) is 5.91 Å². The molecule has 8 heteroatoms. The highest BCUT2D eigenvalue weighted by atomic mass is 16.1. The summed E-state index contributed by atoms with van der Waals surface area (Å²) in [5, 5.41) is 13.9. The number of hydrogen-bond donors (Lipinski definition) is 2. The van der Waals surface area contributed by atoms with E-state index in [1.54, 1.807) is 6.07 Å². The van der Waals surface area contributed by atoms with E-state index in [-0.39, 0.29) is 17.5 Å². The molecule has 1 unspecified atom stereocenters. The molecule has 3 heterocycles. The van der Waals surface area contributed by atoms with Crippen molar-refractivity contribution < 1.29 is 4.79 Å². The van der Waals surface area contributed by atoms with Crippen molar-refractivity contribution in [3.8, 4) is 0 Å². The highest BCUT2D eigenvalue weighted by molar-refractivity contribution is 5.76. The average molecular weight is 330 g/mol. The van der Waals surface area contributed by atoms with Gasteiger partial charge in [0.25, 0.3) is 5.56 Å². The molecule has 1 atom stereocenters. The number of H-pyrrole nitrogens is 1. The number of aromatic nitrogens is 4. The van der Waals surface area contributed by atoms with Crippen LogP contribution < -0.4 is 15.8 Å². The van der Waals surface area contributed by atoms with Crippen molar-refractivity contribution in [3.63, 3.8) is 0 Å². The molecule has 2 N–H and O–H groups in total. The predicted molar refractivity (Wildman–Crippen MR) is 89.9 cm³/mol. The molecule has 1 amide bonds. The third-order valence-electron chi connectivity index (χ3n) is 4.20. The van der Waals surface area contributed by atoms with Crippen LogP contribution in [0, 0.1) is 13.8 Å². The fourth-order valence-corrected chi connectivity index (χ4v) is 3.01. The number of nitrogens with zero attached hydrogens (tertiary/aromatic N) is 4. The van der Waals surface area contributed by atoms with Gasteiger partial charge in [-0.15, -0.1) is 0 Å². The van der Waals surface area contributed by atoms with E-state index in [1.807, 2.05) is 24.6 Å². The van der Waals surface area contributed by atoms with Crippen molar-refractivity contribution in [2.75, 3.05) is 18.0 Å². The SMILES string of the molecule is Cc1cc(C)n(CCC(=O)NC2CCN(c3ccc(=O)[nH]n3)C2)n1. The summed E-state index contributed by atoms with van der Waals surface area (Å²) in [5.41, 5.74) is 1.82. The molecule has 0 bridgehead atoms. The molecule has 3 rings (SSSR count). The van der Waals surface area contributed by atoms with Gasteiger partial charge in [0, 0.05) is 43.9 Å². The van der Waals surface area contributed by atoms with E-state index in [1.165, 1.54) is 6.07 Å². The van der Waals surface area contributed by atoms with E-state index in [0.717, 1.165) is 30.2 Å². The number of rotatable bonds is 5. The van der Waals surface area contributed by atoms with Crippen LogP contribution in [0.3, 0.4) is 0 Å². The first-order valence-electron chi connectivity index (χ1n) is 8.12. The average Bonchev–Trinajstić information content (AvgIpc) is 3.12. The molecule has 1 aliphatic rings. The third kappa shape index (κ3) is 3.81. The second-order valence-electron chi connectivity index (χ2n) is 6.18. The predicted octanol–water partition coefficient (Wildman–Crippen LogP) is 0.368. The minimum atomic E-state index is -0.216. The molecular formula is C16H22N6O2. The van der Waals surface area contributed by atoms with Crippen LogP contribution >= 0.6 is 0 Å². The summed E-state index contributed by atoms with van der Waals surface area (Å²) in [5.74, 6) is 0.762. The lowest BCUT2D eigenvalue weighted by molar-refractivity contribution is -0.121. The third-order valence-corrected chi connectivity index (χ3v) is 4.20. The molecular weight excluding hydrogens is 308 g/mol. The molecule has 0 aromatic carbocycles. The Morgan fingerprint density at radius 3 is 2.92 bits per heavy atom. The van der Waals surface area contributed by atoms with Gasteiger partial charge in [0.15, 0.2) is 0 Å². The molecule has 0 radical (unpaired) electrons. The van der Waals surface area contributed by atoms with Gasteiger partial charge in [-0.2, -0.15) is 10.2 Å². The van der Waals surface area contributed by atoms with Gasteiger partial charge in [-0.05, 0) is 32.4 Å². The van der Waals surface area contributed by atoms with Crippen LogP contribution in [-0.4, -0.2) is 45.0 Å². The van der Waals surface area contributed by atoms with Crippen molar-refractivity contribution in [1.82, 2.24) is 25.3 Å². The summed E-state index contributed by atoms with van der Waals surface area (Å²) in [4.78, 5) is 25.3. The molecule has 0 saturated carbocycles. The van der Waals surface area contributed by atoms with E-state index < -0.39 is 0 Å². The van der Waals surface area contributed by atoms with E-state index in [2.05, 4.69) is 25.5 Å². The van der Waals surface area contributed by atoms with Crippen molar-refractivity contribution in [2.24, 2.45) is 0 Å². The first kappa shape index (κ1) is 16.2. The first-order valence-corrected chi connectivity index (χ1v) is 8.12. The van der Waals surface area contributed by atoms with Gasteiger partial charge in [0.1, 0.15) is 5.82 Å². The number of carbonyl (C=O) groups excluding carboxylic acids is 1. The van der Waals surface area contributed by atoms with E-state index in [4.69, 9.17) is 0 Å². The summed E-state index contributed by atoms with van der Waals surface area (Å²) >= 11 is 0. The molecule has 2 aromatic heterocycles. The Morgan fingerprint density at radius 2 is 2.25 bits per heavy atom. The number of aryl methyl sites for hydroxylation is 3. The van der Waals surface area contributed by atoms with Crippen LogP contribution in [0.4, 0.5) is 5.82 Å². The molecule has 2 aromatic rings. The number of nitrogens with one attached hydrogen (secondary N) is 2. The monoisotopic (exact) mass is 330 g/mol. The largest absolute Gasteiger partial charge is 0.353 e. The summed E-state index contributed by atoms with van der Waals surface area (Å²) in [7, 11) is 0. The quantitative estimate of drug-likeness (QED) is 0.826. The van der Waals surface area contributed by atoms with E-state index in [9.17, 15) is 9.59 Å². The fraction of sp³-hybridized carbons (Fsp3) is 0.500. The number of amides is 1. The molecule has 1 fully saturated rings. The number of hydrogen-bond acceptors (Lipinski definition) is 5.